The monoisotopic (exact) mass is 295 g/mol. The molecule has 0 saturated carbocycles. The largest absolute Gasteiger partial charge is 0.493 e. The first-order valence-electron chi connectivity index (χ1n) is 7.01. The van der Waals surface area contributed by atoms with Gasteiger partial charge in [0.1, 0.15) is 5.75 Å². The third kappa shape index (κ3) is 2.76. The lowest BCUT2D eigenvalue weighted by atomic mass is 9.96. The average Bonchev–Trinajstić information content (AvgIpc) is 2.46. The fourth-order valence-corrected chi connectivity index (χ4v) is 5.77. The van der Waals surface area contributed by atoms with Crippen LogP contribution in [0.2, 0.25) is 0 Å². The first-order chi connectivity index (χ1) is 9.27. The smallest absolute Gasteiger partial charge is 0.127 e. The van der Waals surface area contributed by atoms with Crippen LogP contribution in [0.15, 0.2) is 18.2 Å². The van der Waals surface area contributed by atoms with Crippen molar-refractivity contribution < 1.29 is 4.74 Å². The van der Waals surface area contributed by atoms with Crippen molar-refractivity contribution in [3.05, 3.63) is 29.3 Å². The number of nitrogens with two attached hydrogens (primary N) is 1. The van der Waals surface area contributed by atoms with Crippen molar-refractivity contribution in [2.24, 2.45) is 5.73 Å². The molecule has 0 aliphatic carbocycles. The van der Waals surface area contributed by atoms with E-state index in [0.717, 1.165) is 25.2 Å². The number of para-hydroxylation sites is 1. The van der Waals surface area contributed by atoms with Gasteiger partial charge in [-0.1, -0.05) is 25.1 Å². The summed E-state index contributed by atoms with van der Waals surface area (Å²) in [6.07, 6.45) is 2.24. The Bertz CT molecular complexity index is 452. The van der Waals surface area contributed by atoms with Crippen LogP contribution in [0.25, 0.3) is 0 Å². The van der Waals surface area contributed by atoms with E-state index in [9.17, 15) is 0 Å². The number of hydrogen-bond acceptors (Lipinski definition) is 4. The number of aryl methyl sites for hydroxylation is 1. The van der Waals surface area contributed by atoms with Crippen molar-refractivity contribution in [1.29, 1.82) is 0 Å². The molecular formula is C15H21NOS2. The van der Waals surface area contributed by atoms with Gasteiger partial charge in [0, 0.05) is 33.6 Å². The van der Waals surface area contributed by atoms with Gasteiger partial charge < -0.3 is 10.5 Å². The van der Waals surface area contributed by atoms with Crippen molar-refractivity contribution in [2.75, 3.05) is 18.1 Å². The Balaban J connectivity index is 1.88. The molecule has 2 aliphatic heterocycles. The van der Waals surface area contributed by atoms with Crippen LogP contribution in [0.4, 0.5) is 0 Å². The second kappa shape index (κ2) is 5.98. The number of thioether (sulfide) groups is 2. The van der Waals surface area contributed by atoms with Crippen LogP contribution in [0.5, 0.6) is 5.75 Å². The van der Waals surface area contributed by atoms with Crippen LogP contribution in [-0.2, 0) is 6.42 Å². The highest BCUT2D eigenvalue weighted by Crippen LogP contribution is 2.41. The van der Waals surface area contributed by atoms with Gasteiger partial charge >= 0.3 is 0 Å². The molecule has 0 aromatic heterocycles. The summed E-state index contributed by atoms with van der Waals surface area (Å²) in [6, 6.07) is 6.55. The predicted molar refractivity (Wildman–Crippen MR) is 85.4 cm³/mol. The fraction of sp³-hybridized carbons (Fsp3) is 0.600. The summed E-state index contributed by atoms with van der Waals surface area (Å²) in [5.41, 5.74) is 9.12. The molecule has 2 aliphatic rings. The molecule has 0 radical (unpaired) electrons. The molecule has 19 heavy (non-hydrogen) atoms. The van der Waals surface area contributed by atoms with E-state index in [1.807, 2.05) is 23.5 Å². The van der Waals surface area contributed by atoms with E-state index in [-0.39, 0.29) is 6.04 Å². The number of fused-ring (bicyclic) bond motifs is 1. The van der Waals surface area contributed by atoms with Crippen molar-refractivity contribution in [3.63, 3.8) is 0 Å². The Labute approximate surface area is 123 Å². The molecule has 1 saturated heterocycles. The predicted octanol–water partition coefficient (Wildman–Crippen LogP) is 3.25. The molecule has 3 rings (SSSR count). The number of rotatable bonds is 2. The summed E-state index contributed by atoms with van der Waals surface area (Å²) in [5.74, 6) is 3.53. The van der Waals surface area contributed by atoms with Crippen molar-refractivity contribution in [1.82, 2.24) is 0 Å². The molecule has 1 aromatic carbocycles. The van der Waals surface area contributed by atoms with E-state index in [2.05, 4.69) is 25.1 Å². The molecule has 2 heterocycles. The lowest BCUT2D eigenvalue weighted by molar-refractivity contribution is 0.283. The van der Waals surface area contributed by atoms with Gasteiger partial charge in [-0.3, -0.25) is 0 Å². The minimum atomic E-state index is 0.0841. The van der Waals surface area contributed by atoms with Gasteiger partial charge in [-0.25, -0.2) is 0 Å². The average molecular weight is 295 g/mol. The van der Waals surface area contributed by atoms with Gasteiger partial charge in [0.2, 0.25) is 0 Å². The Hall–Kier alpha value is -0.320. The fourth-order valence-electron chi connectivity index (χ4n) is 2.90. The minimum Gasteiger partial charge on any atom is -0.493 e. The molecule has 3 atom stereocenters. The highest BCUT2D eigenvalue weighted by atomic mass is 32.2. The van der Waals surface area contributed by atoms with E-state index in [0.29, 0.717) is 10.5 Å². The van der Waals surface area contributed by atoms with Crippen LogP contribution >= 0.6 is 23.5 Å². The molecule has 104 valence electrons. The van der Waals surface area contributed by atoms with Crippen LogP contribution in [0.1, 0.15) is 30.5 Å². The maximum absolute atomic E-state index is 6.57. The maximum Gasteiger partial charge on any atom is 0.127 e. The summed E-state index contributed by atoms with van der Waals surface area (Å²) in [4.78, 5) is 0. The number of hydrogen-bond donors (Lipinski definition) is 1. The zero-order valence-electron chi connectivity index (χ0n) is 11.3. The van der Waals surface area contributed by atoms with Crippen LogP contribution < -0.4 is 10.5 Å². The Morgan fingerprint density at radius 1 is 1.32 bits per heavy atom. The molecule has 0 spiro atoms. The standard InChI is InChI=1S/C15H21NOS2/c1-10-15(19-9-8-18-10)13(16)12-6-2-4-11-5-3-7-17-14(11)12/h2,4,6,10,13,15H,3,5,7-9,16H2,1H3. The zero-order chi connectivity index (χ0) is 13.2. The Kier molecular flexibility index (Phi) is 4.30. The first kappa shape index (κ1) is 13.7. The summed E-state index contributed by atoms with van der Waals surface area (Å²) in [7, 11) is 0. The topological polar surface area (TPSA) is 35.2 Å². The summed E-state index contributed by atoms with van der Waals surface area (Å²) < 4.78 is 5.91. The molecule has 0 amide bonds. The van der Waals surface area contributed by atoms with E-state index in [4.69, 9.17) is 10.5 Å². The summed E-state index contributed by atoms with van der Waals surface area (Å²) in [6.45, 7) is 3.14. The van der Waals surface area contributed by atoms with Gasteiger partial charge in [0.15, 0.2) is 0 Å². The molecule has 2 nitrogen and oxygen atoms in total. The van der Waals surface area contributed by atoms with E-state index in [1.54, 1.807) is 0 Å². The van der Waals surface area contributed by atoms with Crippen LogP contribution in [0, 0.1) is 0 Å². The maximum atomic E-state index is 6.57. The Morgan fingerprint density at radius 2 is 2.16 bits per heavy atom. The van der Waals surface area contributed by atoms with Crippen molar-refractivity contribution >= 4 is 23.5 Å². The quantitative estimate of drug-likeness (QED) is 0.908. The SMILES string of the molecule is CC1SCCSC1C(N)c1cccc2c1OCCC2. The van der Waals surface area contributed by atoms with Gasteiger partial charge in [-0.05, 0) is 18.4 Å². The first-order valence-corrected chi connectivity index (χ1v) is 9.10. The normalized spacial score (nSPS) is 28.3. The number of ether oxygens (including phenoxy) is 1. The zero-order valence-corrected chi connectivity index (χ0v) is 12.9. The van der Waals surface area contributed by atoms with E-state index >= 15 is 0 Å². The third-order valence-electron chi connectivity index (χ3n) is 3.91. The van der Waals surface area contributed by atoms with Crippen LogP contribution in [0.3, 0.4) is 0 Å². The molecular weight excluding hydrogens is 274 g/mol. The highest BCUT2D eigenvalue weighted by molar-refractivity contribution is 8.07. The van der Waals surface area contributed by atoms with Crippen LogP contribution in [-0.4, -0.2) is 28.6 Å². The number of benzene rings is 1. The van der Waals surface area contributed by atoms with Gasteiger partial charge in [0.25, 0.3) is 0 Å². The second-order valence-corrected chi connectivity index (χ2v) is 8.00. The molecule has 1 aromatic rings. The van der Waals surface area contributed by atoms with Gasteiger partial charge in [-0.15, -0.1) is 0 Å². The van der Waals surface area contributed by atoms with Crippen molar-refractivity contribution in [2.45, 2.75) is 36.3 Å². The summed E-state index contributed by atoms with van der Waals surface area (Å²) >= 11 is 4.07. The Morgan fingerprint density at radius 3 is 3.00 bits per heavy atom. The lowest BCUT2D eigenvalue weighted by Gasteiger charge is -2.34. The molecule has 3 unspecified atom stereocenters. The molecule has 2 N–H and O–H groups in total. The molecule has 1 fully saturated rings. The third-order valence-corrected chi connectivity index (χ3v) is 7.13. The van der Waals surface area contributed by atoms with E-state index < -0.39 is 0 Å². The molecule has 0 bridgehead atoms. The second-order valence-electron chi connectivity index (χ2n) is 5.22. The van der Waals surface area contributed by atoms with Gasteiger partial charge in [0.05, 0.1) is 6.61 Å². The lowest BCUT2D eigenvalue weighted by Crippen LogP contribution is -2.34. The highest BCUT2D eigenvalue weighted by Gasteiger charge is 2.31. The van der Waals surface area contributed by atoms with Crippen molar-refractivity contribution in [3.8, 4) is 5.75 Å². The summed E-state index contributed by atoms with van der Waals surface area (Å²) in [5, 5.41) is 1.11. The molecule has 4 heteroatoms. The van der Waals surface area contributed by atoms with E-state index in [1.165, 1.54) is 22.6 Å². The van der Waals surface area contributed by atoms with Gasteiger partial charge in [-0.2, -0.15) is 23.5 Å². The minimum absolute atomic E-state index is 0.0841.